The van der Waals surface area contributed by atoms with Gasteiger partial charge in [-0.3, -0.25) is 4.79 Å². The van der Waals surface area contributed by atoms with Crippen molar-refractivity contribution in [2.45, 2.75) is 58.5 Å². The maximum atomic E-state index is 11.8. The lowest BCUT2D eigenvalue weighted by atomic mass is 9.89. The summed E-state index contributed by atoms with van der Waals surface area (Å²) in [5.74, 6) is -1.14. The lowest BCUT2D eigenvalue weighted by Crippen LogP contribution is -2.55. The van der Waals surface area contributed by atoms with Crippen LogP contribution in [-0.4, -0.2) is 30.1 Å². The van der Waals surface area contributed by atoms with Gasteiger partial charge in [-0.05, 0) is 26.2 Å². The summed E-state index contributed by atoms with van der Waals surface area (Å²) in [4.78, 5) is 23.1. The number of hydrogen-bond donors (Lipinski definition) is 2. The van der Waals surface area contributed by atoms with Crippen molar-refractivity contribution in [2.24, 2.45) is 5.73 Å². The fourth-order valence-corrected chi connectivity index (χ4v) is 1.69. The number of nitrogens with one attached hydrogen (secondary N) is 1. The van der Waals surface area contributed by atoms with Crippen molar-refractivity contribution in [3.63, 3.8) is 0 Å². The van der Waals surface area contributed by atoms with E-state index in [1.807, 2.05) is 20.8 Å². The standard InChI is InChI=1S/C12H24N2O3/c1-5-12(6-2,7-3)14-10(15)9(13)11(16)17-8-4/h9H,5-8,13H2,1-4H3,(H,14,15). The smallest absolute Gasteiger partial charge is 0.332 e. The van der Waals surface area contributed by atoms with Crippen LogP contribution in [0.15, 0.2) is 0 Å². The van der Waals surface area contributed by atoms with Gasteiger partial charge in [-0.2, -0.15) is 0 Å². The molecule has 0 aromatic carbocycles. The fourth-order valence-electron chi connectivity index (χ4n) is 1.69. The molecule has 0 heterocycles. The minimum Gasteiger partial charge on any atom is -0.464 e. The first kappa shape index (κ1) is 15.9. The highest BCUT2D eigenvalue weighted by Gasteiger charge is 2.31. The molecule has 0 aromatic rings. The number of carbonyl (C=O) groups excluding carboxylic acids is 2. The molecule has 0 aromatic heterocycles. The molecule has 0 aliphatic heterocycles. The summed E-state index contributed by atoms with van der Waals surface area (Å²) in [6, 6.07) is -1.24. The van der Waals surface area contributed by atoms with Crippen LogP contribution in [0.2, 0.25) is 0 Å². The first-order valence-corrected chi connectivity index (χ1v) is 6.20. The molecule has 5 heteroatoms. The van der Waals surface area contributed by atoms with E-state index in [2.05, 4.69) is 5.32 Å². The summed E-state index contributed by atoms with van der Waals surface area (Å²) in [5.41, 5.74) is 5.25. The van der Waals surface area contributed by atoms with Gasteiger partial charge in [-0.1, -0.05) is 20.8 Å². The summed E-state index contributed by atoms with van der Waals surface area (Å²) in [7, 11) is 0. The van der Waals surface area contributed by atoms with Crippen LogP contribution in [0.25, 0.3) is 0 Å². The molecular formula is C12H24N2O3. The van der Waals surface area contributed by atoms with E-state index >= 15 is 0 Å². The zero-order valence-electron chi connectivity index (χ0n) is 11.2. The van der Waals surface area contributed by atoms with Gasteiger partial charge in [0.05, 0.1) is 6.61 Å². The Morgan fingerprint density at radius 3 is 2.00 bits per heavy atom. The molecule has 0 aliphatic carbocycles. The molecule has 0 radical (unpaired) electrons. The third-order valence-corrected chi connectivity index (χ3v) is 3.24. The Kier molecular flexibility index (Phi) is 6.80. The summed E-state index contributed by atoms with van der Waals surface area (Å²) in [6.07, 6.45) is 2.42. The van der Waals surface area contributed by atoms with Crippen molar-refractivity contribution in [3.05, 3.63) is 0 Å². The zero-order valence-corrected chi connectivity index (χ0v) is 11.2. The second kappa shape index (κ2) is 7.27. The zero-order chi connectivity index (χ0) is 13.5. The van der Waals surface area contributed by atoms with Gasteiger partial charge < -0.3 is 15.8 Å². The Hall–Kier alpha value is -1.10. The van der Waals surface area contributed by atoms with E-state index in [1.165, 1.54) is 0 Å². The predicted molar refractivity (Wildman–Crippen MR) is 66.4 cm³/mol. The Labute approximate surface area is 103 Å². The van der Waals surface area contributed by atoms with E-state index in [0.717, 1.165) is 19.3 Å². The Balaban J connectivity index is 4.56. The number of esters is 1. The maximum Gasteiger partial charge on any atom is 0.332 e. The average molecular weight is 244 g/mol. The molecule has 0 saturated carbocycles. The van der Waals surface area contributed by atoms with E-state index in [9.17, 15) is 9.59 Å². The van der Waals surface area contributed by atoms with Gasteiger partial charge in [0.1, 0.15) is 0 Å². The van der Waals surface area contributed by atoms with Crippen molar-refractivity contribution < 1.29 is 14.3 Å². The molecule has 1 amide bonds. The Morgan fingerprint density at radius 2 is 1.65 bits per heavy atom. The maximum absolute atomic E-state index is 11.8. The number of rotatable bonds is 7. The molecule has 0 saturated heterocycles. The molecule has 17 heavy (non-hydrogen) atoms. The first-order chi connectivity index (χ1) is 7.96. The third-order valence-electron chi connectivity index (χ3n) is 3.24. The van der Waals surface area contributed by atoms with E-state index in [-0.39, 0.29) is 12.1 Å². The second-order valence-corrected chi connectivity index (χ2v) is 4.06. The lowest BCUT2D eigenvalue weighted by Gasteiger charge is -2.32. The number of carbonyl (C=O) groups is 2. The quantitative estimate of drug-likeness (QED) is 0.516. The lowest BCUT2D eigenvalue weighted by molar-refractivity contribution is -0.148. The van der Waals surface area contributed by atoms with E-state index < -0.39 is 17.9 Å². The van der Waals surface area contributed by atoms with Gasteiger partial charge in [0.15, 0.2) is 6.04 Å². The molecule has 0 fully saturated rings. The van der Waals surface area contributed by atoms with E-state index in [4.69, 9.17) is 10.5 Å². The summed E-state index contributed by atoms with van der Waals surface area (Å²) >= 11 is 0. The molecular weight excluding hydrogens is 220 g/mol. The van der Waals surface area contributed by atoms with Crippen LogP contribution in [0.4, 0.5) is 0 Å². The molecule has 1 atom stereocenters. The van der Waals surface area contributed by atoms with Gasteiger partial charge in [-0.15, -0.1) is 0 Å². The topological polar surface area (TPSA) is 81.4 Å². The number of ether oxygens (including phenoxy) is 1. The van der Waals surface area contributed by atoms with Gasteiger partial charge in [0.2, 0.25) is 5.91 Å². The Bertz CT molecular complexity index is 254. The number of nitrogens with two attached hydrogens (primary N) is 1. The van der Waals surface area contributed by atoms with Crippen LogP contribution >= 0.6 is 0 Å². The second-order valence-electron chi connectivity index (χ2n) is 4.06. The van der Waals surface area contributed by atoms with Gasteiger partial charge >= 0.3 is 5.97 Å². The number of amides is 1. The molecule has 0 bridgehead atoms. The minimum absolute atomic E-state index is 0.223. The van der Waals surface area contributed by atoms with Gasteiger partial charge in [-0.25, -0.2) is 4.79 Å². The van der Waals surface area contributed by atoms with Crippen LogP contribution in [0.3, 0.4) is 0 Å². The van der Waals surface area contributed by atoms with Crippen LogP contribution in [0.1, 0.15) is 47.0 Å². The summed E-state index contributed by atoms with van der Waals surface area (Å²) in [5, 5.41) is 2.85. The first-order valence-electron chi connectivity index (χ1n) is 6.20. The molecule has 100 valence electrons. The van der Waals surface area contributed by atoms with Crippen LogP contribution in [0, 0.1) is 0 Å². The van der Waals surface area contributed by atoms with Crippen molar-refractivity contribution >= 4 is 11.9 Å². The molecule has 0 aliphatic rings. The molecule has 5 nitrogen and oxygen atoms in total. The van der Waals surface area contributed by atoms with Crippen molar-refractivity contribution in [2.75, 3.05) is 6.61 Å². The van der Waals surface area contributed by atoms with E-state index in [0.29, 0.717) is 0 Å². The molecule has 3 N–H and O–H groups in total. The van der Waals surface area contributed by atoms with Crippen molar-refractivity contribution in [1.82, 2.24) is 5.32 Å². The highest BCUT2D eigenvalue weighted by atomic mass is 16.5. The highest BCUT2D eigenvalue weighted by molar-refractivity contribution is 6.01. The van der Waals surface area contributed by atoms with Crippen molar-refractivity contribution in [1.29, 1.82) is 0 Å². The minimum atomic E-state index is -1.24. The number of hydrogen-bond acceptors (Lipinski definition) is 4. The average Bonchev–Trinajstić information content (AvgIpc) is 2.35. The highest BCUT2D eigenvalue weighted by Crippen LogP contribution is 2.19. The van der Waals surface area contributed by atoms with Crippen LogP contribution in [0.5, 0.6) is 0 Å². The normalized spacial score (nSPS) is 13.0. The monoisotopic (exact) mass is 244 g/mol. The molecule has 0 rings (SSSR count). The summed E-state index contributed by atoms with van der Waals surface area (Å²) in [6.45, 7) is 7.91. The van der Waals surface area contributed by atoms with Crippen molar-refractivity contribution in [3.8, 4) is 0 Å². The van der Waals surface area contributed by atoms with Gasteiger partial charge in [0, 0.05) is 5.54 Å². The van der Waals surface area contributed by atoms with Crippen LogP contribution < -0.4 is 11.1 Å². The largest absolute Gasteiger partial charge is 0.464 e. The fraction of sp³-hybridized carbons (Fsp3) is 0.833. The summed E-state index contributed by atoms with van der Waals surface area (Å²) < 4.78 is 4.72. The SMILES string of the molecule is CCOC(=O)C(N)C(=O)NC(CC)(CC)CC. The molecule has 0 spiro atoms. The van der Waals surface area contributed by atoms with E-state index in [1.54, 1.807) is 6.92 Å². The van der Waals surface area contributed by atoms with Gasteiger partial charge in [0.25, 0.3) is 0 Å². The molecule has 1 unspecified atom stereocenters. The van der Waals surface area contributed by atoms with Crippen LogP contribution in [-0.2, 0) is 14.3 Å². The third kappa shape index (κ3) is 4.34. The Morgan fingerprint density at radius 1 is 1.18 bits per heavy atom. The predicted octanol–water partition coefficient (Wildman–Crippen LogP) is 0.962.